The highest BCUT2D eigenvalue weighted by molar-refractivity contribution is 5.95. The number of nitrogens with one attached hydrogen (secondary N) is 1. The third-order valence-corrected chi connectivity index (χ3v) is 5.58. The van der Waals surface area contributed by atoms with Crippen molar-refractivity contribution >= 4 is 16.6 Å². The molecule has 4 nitrogen and oxygen atoms in total. The normalized spacial score (nSPS) is 13.9. The molecule has 28 heavy (non-hydrogen) atoms. The maximum atomic E-state index is 10.0. The van der Waals surface area contributed by atoms with E-state index in [9.17, 15) is 5.26 Å². The van der Waals surface area contributed by atoms with E-state index in [-0.39, 0.29) is 0 Å². The molecule has 0 spiro atoms. The summed E-state index contributed by atoms with van der Waals surface area (Å²) in [6.07, 6.45) is 4.67. The number of nitrogens with zero attached hydrogens (tertiary/aromatic N) is 2. The van der Waals surface area contributed by atoms with E-state index in [0.717, 1.165) is 65.0 Å². The zero-order valence-corrected chi connectivity index (χ0v) is 16.7. The molecular formula is C24H27N3O. The molecule has 0 aliphatic heterocycles. The van der Waals surface area contributed by atoms with Crippen LogP contribution in [-0.4, -0.2) is 17.7 Å². The summed E-state index contributed by atoms with van der Waals surface area (Å²) < 4.78 is 8.12. The first-order chi connectivity index (χ1) is 13.8. The lowest BCUT2D eigenvalue weighted by Crippen LogP contribution is -2.17. The number of anilines is 1. The van der Waals surface area contributed by atoms with Crippen LogP contribution >= 0.6 is 0 Å². The van der Waals surface area contributed by atoms with Gasteiger partial charge in [-0.3, -0.25) is 0 Å². The Morgan fingerprint density at radius 2 is 1.93 bits per heavy atom. The molecule has 0 saturated heterocycles. The van der Waals surface area contributed by atoms with Gasteiger partial charge in [-0.2, -0.15) is 5.26 Å². The highest BCUT2D eigenvalue weighted by Crippen LogP contribution is 2.43. The van der Waals surface area contributed by atoms with Crippen molar-refractivity contribution in [2.75, 3.05) is 18.5 Å². The predicted molar refractivity (Wildman–Crippen MR) is 115 cm³/mol. The van der Waals surface area contributed by atoms with Crippen LogP contribution in [0.1, 0.15) is 51.1 Å². The van der Waals surface area contributed by atoms with Crippen molar-refractivity contribution in [1.82, 2.24) is 4.57 Å². The number of hydrogen-bond donors (Lipinski definition) is 1. The van der Waals surface area contributed by atoms with Gasteiger partial charge in [0, 0.05) is 29.7 Å². The van der Waals surface area contributed by atoms with Gasteiger partial charge in [0.1, 0.15) is 11.8 Å². The molecule has 144 valence electrons. The predicted octanol–water partition coefficient (Wildman–Crippen LogP) is 6.13. The van der Waals surface area contributed by atoms with Crippen LogP contribution in [0.5, 0.6) is 5.75 Å². The molecule has 0 amide bonds. The third kappa shape index (κ3) is 3.22. The van der Waals surface area contributed by atoms with Gasteiger partial charge in [-0.15, -0.1) is 0 Å². The zero-order chi connectivity index (χ0) is 19.5. The van der Waals surface area contributed by atoms with Crippen molar-refractivity contribution in [3.63, 3.8) is 0 Å². The average Bonchev–Trinajstić information content (AvgIpc) is 2.99. The molecule has 2 aromatic carbocycles. The Balaban J connectivity index is 1.87. The third-order valence-electron chi connectivity index (χ3n) is 5.58. The number of ether oxygens (including phenoxy) is 1. The average molecular weight is 374 g/mol. The number of nitriles is 1. The van der Waals surface area contributed by atoms with Gasteiger partial charge in [-0.25, -0.2) is 0 Å². The first-order valence-electron chi connectivity index (χ1n) is 10.3. The Morgan fingerprint density at radius 1 is 1.14 bits per heavy atom. The molecule has 1 fully saturated rings. The quantitative estimate of drug-likeness (QED) is 0.542. The molecule has 0 atom stereocenters. The second-order valence-electron chi connectivity index (χ2n) is 7.41. The van der Waals surface area contributed by atoms with E-state index in [1.54, 1.807) is 0 Å². The molecule has 0 radical (unpaired) electrons. The molecule has 1 N–H and O–H groups in total. The summed E-state index contributed by atoms with van der Waals surface area (Å²) in [5, 5.41) is 14.4. The SMILES string of the molecule is CCCNc1ccc(-c2c(C#N)c3ccc(OCC)cc3n2C2CCC2)cc1. The second-order valence-corrected chi connectivity index (χ2v) is 7.41. The summed E-state index contributed by atoms with van der Waals surface area (Å²) in [7, 11) is 0. The Bertz CT molecular complexity index is 1010. The van der Waals surface area contributed by atoms with Gasteiger partial charge in [-0.05, 0) is 62.4 Å². The van der Waals surface area contributed by atoms with Gasteiger partial charge in [0.15, 0.2) is 0 Å². The molecule has 4 heteroatoms. The minimum absolute atomic E-state index is 0.453. The number of hydrogen-bond acceptors (Lipinski definition) is 3. The summed E-state index contributed by atoms with van der Waals surface area (Å²) in [5.74, 6) is 0.864. The van der Waals surface area contributed by atoms with E-state index in [0.29, 0.717) is 12.6 Å². The molecule has 1 aliphatic rings. The largest absolute Gasteiger partial charge is 0.494 e. The van der Waals surface area contributed by atoms with Crippen molar-refractivity contribution in [3.8, 4) is 23.1 Å². The van der Waals surface area contributed by atoms with Crippen LogP contribution in [0.4, 0.5) is 5.69 Å². The fraction of sp³-hybridized carbons (Fsp3) is 0.375. The van der Waals surface area contributed by atoms with Crippen molar-refractivity contribution < 1.29 is 4.74 Å². The maximum absolute atomic E-state index is 10.0. The smallest absolute Gasteiger partial charge is 0.121 e. The molecule has 1 saturated carbocycles. The van der Waals surface area contributed by atoms with Gasteiger partial charge in [0.05, 0.1) is 23.4 Å². The van der Waals surface area contributed by atoms with Gasteiger partial charge in [0.25, 0.3) is 0 Å². The van der Waals surface area contributed by atoms with E-state index < -0.39 is 0 Å². The Kier molecular flexibility index (Phi) is 5.25. The monoisotopic (exact) mass is 373 g/mol. The maximum Gasteiger partial charge on any atom is 0.121 e. The van der Waals surface area contributed by atoms with E-state index >= 15 is 0 Å². The lowest BCUT2D eigenvalue weighted by molar-refractivity contribution is 0.322. The van der Waals surface area contributed by atoms with E-state index in [1.165, 1.54) is 6.42 Å². The van der Waals surface area contributed by atoms with Gasteiger partial charge >= 0.3 is 0 Å². The van der Waals surface area contributed by atoms with Gasteiger partial charge < -0.3 is 14.6 Å². The van der Waals surface area contributed by atoms with Crippen molar-refractivity contribution in [1.29, 1.82) is 5.26 Å². The first-order valence-corrected chi connectivity index (χ1v) is 10.3. The summed E-state index contributed by atoms with van der Waals surface area (Å²) in [5.41, 5.74) is 5.13. The van der Waals surface area contributed by atoms with Crippen LogP contribution in [0.15, 0.2) is 42.5 Å². The topological polar surface area (TPSA) is 50.0 Å². The second kappa shape index (κ2) is 7.98. The number of benzene rings is 2. The Labute approximate surface area is 166 Å². The standard InChI is InChI=1S/C24H27N3O/c1-3-14-26-18-10-8-17(9-11-18)24-22(16-25)21-13-12-20(28-4-2)15-23(21)27(24)19-6-5-7-19/h8-13,15,19,26H,3-7,14H2,1-2H3. The lowest BCUT2D eigenvalue weighted by atomic mass is 9.92. The number of aromatic nitrogens is 1. The number of fused-ring (bicyclic) bond motifs is 1. The summed E-state index contributed by atoms with van der Waals surface area (Å²) >= 11 is 0. The highest BCUT2D eigenvalue weighted by Gasteiger charge is 2.27. The Hall–Kier alpha value is -2.93. The molecule has 1 aliphatic carbocycles. The minimum Gasteiger partial charge on any atom is -0.494 e. The summed E-state index contributed by atoms with van der Waals surface area (Å²) in [4.78, 5) is 0. The van der Waals surface area contributed by atoms with Crippen molar-refractivity contribution in [3.05, 3.63) is 48.0 Å². The highest BCUT2D eigenvalue weighted by atomic mass is 16.5. The van der Waals surface area contributed by atoms with E-state index in [4.69, 9.17) is 4.74 Å². The lowest BCUT2D eigenvalue weighted by Gasteiger charge is -2.30. The van der Waals surface area contributed by atoms with Gasteiger partial charge in [-0.1, -0.05) is 19.1 Å². The Morgan fingerprint density at radius 3 is 2.54 bits per heavy atom. The number of rotatable bonds is 7. The minimum atomic E-state index is 0.453. The van der Waals surface area contributed by atoms with E-state index in [2.05, 4.69) is 53.2 Å². The fourth-order valence-corrected chi connectivity index (χ4v) is 3.98. The summed E-state index contributed by atoms with van der Waals surface area (Å²) in [6.45, 7) is 5.76. The van der Waals surface area contributed by atoms with Crippen LogP contribution in [0.2, 0.25) is 0 Å². The molecule has 1 heterocycles. The van der Waals surface area contributed by atoms with Crippen molar-refractivity contribution in [2.24, 2.45) is 0 Å². The van der Waals surface area contributed by atoms with Crippen LogP contribution in [0.3, 0.4) is 0 Å². The fourth-order valence-electron chi connectivity index (χ4n) is 3.98. The van der Waals surface area contributed by atoms with E-state index in [1.807, 2.05) is 19.1 Å². The van der Waals surface area contributed by atoms with Crippen LogP contribution < -0.4 is 10.1 Å². The molecule has 0 bridgehead atoms. The van der Waals surface area contributed by atoms with Gasteiger partial charge in [0.2, 0.25) is 0 Å². The zero-order valence-electron chi connectivity index (χ0n) is 16.7. The van der Waals surface area contributed by atoms with Crippen LogP contribution in [0.25, 0.3) is 22.2 Å². The van der Waals surface area contributed by atoms with Crippen LogP contribution in [0, 0.1) is 11.3 Å². The molecule has 4 rings (SSSR count). The molecule has 1 aromatic heterocycles. The molecule has 3 aromatic rings. The first kappa shape index (κ1) is 18.4. The molecular weight excluding hydrogens is 346 g/mol. The van der Waals surface area contributed by atoms with Crippen molar-refractivity contribution in [2.45, 2.75) is 45.6 Å². The summed E-state index contributed by atoms with van der Waals surface area (Å²) in [6, 6.07) is 17.5. The van der Waals surface area contributed by atoms with Crippen LogP contribution in [-0.2, 0) is 0 Å². The molecule has 0 unspecified atom stereocenters.